The van der Waals surface area contributed by atoms with Crippen LogP contribution in [0.25, 0.3) is 0 Å². The number of primary amides is 1. The first kappa shape index (κ1) is 12.0. The van der Waals surface area contributed by atoms with Gasteiger partial charge in [0, 0.05) is 36.5 Å². The molecule has 2 rings (SSSR count). The van der Waals surface area contributed by atoms with E-state index in [2.05, 4.69) is 15.3 Å². The molecule has 1 saturated carbocycles. The van der Waals surface area contributed by atoms with Crippen LogP contribution in [-0.4, -0.2) is 21.9 Å². The summed E-state index contributed by atoms with van der Waals surface area (Å²) in [5, 5.41) is 3.47. The predicted molar refractivity (Wildman–Crippen MR) is 63.8 cm³/mol. The molecule has 0 atom stereocenters. The van der Waals surface area contributed by atoms with Gasteiger partial charge in [0.2, 0.25) is 5.91 Å². The summed E-state index contributed by atoms with van der Waals surface area (Å²) >= 11 is 0. The van der Waals surface area contributed by atoms with E-state index in [-0.39, 0.29) is 11.8 Å². The summed E-state index contributed by atoms with van der Waals surface area (Å²) in [7, 11) is 0. The van der Waals surface area contributed by atoms with Crippen LogP contribution in [0.5, 0.6) is 0 Å². The van der Waals surface area contributed by atoms with Gasteiger partial charge in [0.25, 0.3) is 0 Å². The number of nitrogens with zero attached hydrogens (tertiary/aromatic N) is 2. The van der Waals surface area contributed by atoms with E-state index >= 15 is 0 Å². The highest BCUT2D eigenvalue weighted by Gasteiger charge is 2.24. The van der Waals surface area contributed by atoms with Crippen molar-refractivity contribution in [3.05, 3.63) is 24.3 Å². The molecule has 0 aromatic carbocycles. The second kappa shape index (κ2) is 5.72. The minimum Gasteiger partial charge on any atom is -0.369 e. The van der Waals surface area contributed by atoms with Crippen LogP contribution in [0.1, 0.15) is 31.2 Å². The Kier molecular flexibility index (Phi) is 4.03. The number of amides is 1. The third kappa shape index (κ3) is 3.49. The van der Waals surface area contributed by atoms with E-state index < -0.39 is 0 Å². The Bertz CT molecular complexity index is 360. The highest BCUT2D eigenvalue weighted by Crippen LogP contribution is 2.23. The number of aromatic nitrogens is 2. The predicted octanol–water partition coefficient (Wildman–Crippen LogP) is 0.610. The normalized spacial score (nSPS) is 24.5. The molecular weight excluding hydrogens is 216 g/mol. The topological polar surface area (TPSA) is 80.9 Å². The lowest BCUT2D eigenvalue weighted by Gasteiger charge is -2.27. The van der Waals surface area contributed by atoms with Crippen molar-refractivity contribution in [1.29, 1.82) is 0 Å². The maximum Gasteiger partial charge on any atom is 0.220 e. The number of hydrogen-bond donors (Lipinski definition) is 2. The first-order chi connectivity index (χ1) is 8.25. The van der Waals surface area contributed by atoms with E-state index in [1.54, 1.807) is 0 Å². The summed E-state index contributed by atoms with van der Waals surface area (Å²) in [4.78, 5) is 19.0. The van der Waals surface area contributed by atoms with Crippen LogP contribution in [0.3, 0.4) is 0 Å². The Hall–Kier alpha value is -1.49. The fourth-order valence-electron chi connectivity index (χ4n) is 2.27. The summed E-state index contributed by atoms with van der Waals surface area (Å²) < 4.78 is 0. The zero-order chi connectivity index (χ0) is 12.1. The lowest BCUT2D eigenvalue weighted by Crippen LogP contribution is -2.36. The largest absolute Gasteiger partial charge is 0.369 e. The Morgan fingerprint density at radius 1 is 1.29 bits per heavy atom. The third-order valence-corrected chi connectivity index (χ3v) is 3.34. The van der Waals surface area contributed by atoms with Crippen molar-refractivity contribution in [1.82, 2.24) is 15.3 Å². The smallest absolute Gasteiger partial charge is 0.220 e. The molecule has 0 aliphatic heterocycles. The maximum atomic E-state index is 11.0. The Morgan fingerprint density at radius 2 is 1.94 bits per heavy atom. The molecule has 17 heavy (non-hydrogen) atoms. The summed E-state index contributed by atoms with van der Waals surface area (Å²) in [6.07, 6.45) is 8.99. The molecule has 0 radical (unpaired) electrons. The van der Waals surface area contributed by atoms with E-state index in [4.69, 9.17) is 5.73 Å². The average molecular weight is 234 g/mol. The zero-order valence-corrected chi connectivity index (χ0v) is 9.80. The molecule has 3 N–H and O–H groups in total. The van der Waals surface area contributed by atoms with Gasteiger partial charge in [-0.05, 0) is 25.7 Å². The Morgan fingerprint density at radius 3 is 2.53 bits per heavy atom. The quantitative estimate of drug-likeness (QED) is 0.799. The Balaban J connectivity index is 1.74. The van der Waals surface area contributed by atoms with Gasteiger partial charge in [0.15, 0.2) is 0 Å². The van der Waals surface area contributed by atoms with Crippen LogP contribution in [0.15, 0.2) is 18.7 Å². The van der Waals surface area contributed by atoms with Crippen LogP contribution in [0, 0.1) is 5.92 Å². The number of rotatable bonds is 4. The number of nitrogens with two attached hydrogens (primary N) is 1. The minimum atomic E-state index is -0.153. The molecule has 1 aromatic rings. The van der Waals surface area contributed by atoms with Crippen molar-refractivity contribution in [2.45, 2.75) is 38.3 Å². The van der Waals surface area contributed by atoms with Crippen molar-refractivity contribution in [2.75, 3.05) is 0 Å². The molecule has 1 aromatic heterocycles. The summed E-state index contributed by atoms with van der Waals surface area (Å²) in [6, 6.07) is 0.478. The van der Waals surface area contributed by atoms with Crippen LogP contribution in [-0.2, 0) is 11.3 Å². The molecule has 0 unspecified atom stereocenters. The minimum absolute atomic E-state index is 0.0770. The molecule has 0 saturated heterocycles. The highest BCUT2D eigenvalue weighted by molar-refractivity contribution is 5.76. The Labute approximate surface area is 101 Å². The molecule has 0 spiro atoms. The molecule has 5 nitrogen and oxygen atoms in total. The number of nitrogens with one attached hydrogen (secondary N) is 1. The number of carbonyl (C=O) groups is 1. The van der Waals surface area contributed by atoms with Gasteiger partial charge in [-0.3, -0.25) is 4.79 Å². The van der Waals surface area contributed by atoms with Gasteiger partial charge in [0.1, 0.15) is 6.33 Å². The van der Waals surface area contributed by atoms with E-state index in [1.165, 1.54) is 6.33 Å². The fourth-order valence-corrected chi connectivity index (χ4v) is 2.27. The molecule has 1 heterocycles. The van der Waals surface area contributed by atoms with Gasteiger partial charge in [-0.15, -0.1) is 0 Å². The molecule has 1 aliphatic rings. The van der Waals surface area contributed by atoms with Gasteiger partial charge in [0.05, 0.1) is 0 Å². The second-order valence-corrected chi connectivity index (χ2v) is 4.58. The molecular formula is C12H18N4O. The fraction of sp³-hybridized carbons (Fsp3) is 0.583. The van der Waals surface area contributed by atoms with E-state index in [9.17, 15) is 4.79 Å². The van der Waals surface area contributed by atoms with Crippen LogP contribution < -0.4 is 11.1 Å². The van der Waals surface area contributed by atoms with Gasteiger partial charge >= 0.3 is 0 Å². The monoisotopic (exact) mass is 234 g/mol. The van der Waals surface area contributed by atoms with E-state index in [0.717, 1.165) is 37.8 Å². The standard InChI is InChI=1S/C12H18N4O/c13-12(17)10-1-3-11(4-2-10)16-7-9-5-14-8-15-6-9/h5-6,8,10-11,16H,1-4,7H2,(H2,13,17). The van der Waals surface area contributed by atoms with Crippen LogP contribution in [0.2, 0.25) is 0 Å². The number of carbonyl (C=O) groups excluding carboxylic acids is 1. The van der Waals surface area contributed by atoms with Crippen LogP contribution in [0.4, 0.5) is 0 Å². The van der Waals surface area contributed by atoms with Crippen molar-refractivity contribution in [2.24, 2.45) is 11.7 Å². The lowest BCUT2D eigenvalue weighted by molar-refractivity contribution is -0.122. The first-order valence-corrected chi connectivity index (χ1v) is 6.02. The summed E-state index contributed by atoms with van der Waals surface area (Å²) in [5.41, 5.74) is 6.39. The molecule has 5 heteroatoms. The van der Waals surface area contributed by atoms with Gasteiger partial charge in [-0.2, -0.15) is 0 Å². The van der Waals surface area contributed by atoms with Crippen LogP contribution >= 0.6 is 0 Å². The average Bonchev–Trinajstić information content (AvgIpc) is 2.38. The molecule has 1 amide bonds. The lowest BCUT2D eigenvalue weighted by atomic mass is 9.85. The molecule has 0 bridgehead atoms. The van der Waals surface area contributed by atoms with Crippen molar-refractivity contribution < 1.29 is 4.79 Å². The van der Waals surface area contributed by atoms with E-state index in [1.807, 2.05) is 12.4 Å². The molecule has 1 aliphatic carbocycles. The zero-order valence-electron chi connectivity index (χ0n) is 9.80. The summed E-state index contributed by atoms with van der Waals surface area (Å²) in [5.74, 6) is -0.0759. The summed E-state index contributed by atoms with van der Waals surface area (Å²) in [6.45, 7) is 0.784. The van der Waals surface area contributed by atoms with Crippen molar-refractivity contribution in [3.8, 4) is 0 Å². The van der Waals surface area contributed by atoms with Crippen molar-refractivity contribution >= 4 is 5.91 Å². The van der Waals surface area contributed by atoms with Gasteiger partial charge in [-0.25, -0.2) is 9.97 Å². The SMILES string of the molecule is NC(=O)C1CCC(NCc2cncnc2)CC1. The van der Waals surface area contributed by atoms with Crippen molar-refractivity contribution in [3.63, 3.8) is 0 Å². The molecule has 92 valence electrons. The van der Waals surface area contributed by atoms with E-state index in [0.29, 0.717) is 6.04 Å². The second-order valence-electron chi connectivity index (χ2n) is 4.58. The number of hydrogen-bond acceptors (Lipinski definition) is 4. The first-order valence-electron chi connectivity index (χ1n) is 6.02. The molecule has 1 fully saturated rings. The van der Waals surface area contributed by atoms with Gasteiger partial charge in [-0.1, -0.05) is 0 Å². The highest BCUT2D eigenvalue weighted by atomic mass is 16.1. The van der Waals surface area contributed by atoms with Gasteiger partial charge < -0.3 is 11.1 Å². The maximum absolute atomic E-state index is 11.0. The third-order valence-electron chi connectivity index (χ3n) is 3.34.